The SMILES string of the molecule is O=C([O-])c1cccc(COc2cccc(Cl)c2Cl)c1. The van der Waals surface area contributed by atoms with Crippen molar-refractivity contribution in [2.75, 3.05) is 0 Å². The van der Waals surface area contributed by atoms with Gasteiger partial charge in [0.05, 0.1) is 11.0 Å². The summed E-state index contributed by atoms with van der Waals surface area (Å²) in [5, 5.41) is 11.5. The standard InChI is InChI=1S/C14H10Cl2O3/c15-11-5-2-6-12(13(11)16)19-8-9-3-1-4-10(7-9)14(17)18/h1-7H,8H2,(H,17,18)/p-1. The first kappa shape index (κ1) is 13.7. The molecule has 19 heavy (non-hydrogen) atoms. The number of carbonyl (C=O) groups excluding carboxylic acids is 1. The van der Waals surface area contributed by atoms with E-state index in [1.54, 1.807) is 30.3 Å². The minimum absolute atomic E-state index is 0.110. The average Bonchev–Trinajstić information content (AvgIpc) is 2.41. The van der Waals surface area contributed by atoms with Crippen molar-refractivity contribution in [3.8, 4) is 5.75 Å². The number of carboxylic acids is 1. The molecule has 0 amide bonds. The minimum atomic E-state index is -1.22. The van der Waals surface area contributed by atoms with Crippen LogP contribution < -0.4 is 9.84 Å². The molecule has 0 saturated heterocycles. The molecule has 0 N–H and O–H groups in total. The summed E-state index contributed by atoms with van der Waals surface area (Å²) in [5.41, 5.74) is 0.816. The number of ether oxygens (including phenoxy) is 1. The molecule has 0 unspecified atom stereocenters. The molecule has 0 aliphatic carbocycles. The van der Waals surface area contributed by atoms with Crippen molar-refractivity contribution in [3.63, 3.8) is 0 Å². The van der Waals surface area contributed by atoms with E-state index < -0.39 is 5.97 Å². The van der Waals surface area contributed by atoms with Gasteiger partial charge in [-0.3, -0.25) is 0 Å². The Morgan fingerprint density at radius 3 is 2.63 bits per heavy atom. The maximum atomic E-state index is 10.7. The normalized spacial score (nSPS) is 10.2. The van der Waals surface area contributed by atoms with Crippen LogP contribution in [0.3, 0.4) is 0 Å². The van der Waals surface area contributed by atoms with Gasteiger partial charge in [-0.25, -0.2) is 0 Å². The molecule has 0 fully saturated rings. The zero-order chi connectivity index (χ0) is 13.8. The van der Waals surface area contributed by atoms with Gasteiger partial charge in [0.25, 0.3) is 0 Å². The third-order valence-electron chi connectivity index (χ3n) is 2.47. The summed E-state index contributed by atoms with van der Waals surface area (Å²) in [4.78, 5) is 10.7. The molecule has 5 heteroatoms. The molecule has 0 radical (unpaired) electrons. The fraction of sp³-hybridized carbons (Fsp3) is 0.0714. The lowest BCUT2D eigenvalue weighted by Crippen LogP contribution is -2.22. The van der Waals surface area contributed by atoms with Crippen LogP contribution in [0.15, 0.2) is 42.5 Å². The van der Waals surface area contributed by atoms with E-state index in [4.69, 9.17) is 27.9 Å². The molecule has 2 aromatic carbocycles. The Kier molecular flexibility index (Phi) is 4.30. The van der Waals surface area contributed by atoms with Crippen LogP contribution in [0.1, 0.15) is 15.9 Å². The number of carbonyl (C=O) groups is 1. The smallest absolute Gasteiger partial charge is 0.139 e. The molecule has 0 aliphatic rings. The highest BCUT2D eigenvalue weighted by molar-refractivity contribution is 6.42. The Balaban J connectivity index is 2.12. The van der Waals surface area contributed by atoms with Crippen molar-refractivity contribution in [1.82, 2.24) is 0 Å². The van der Waals surface area contributed by atoms with Gasteiger partial charge >= 0.3 is 0 Å². The van der Waals surface area contributed by atoms with Gasteiger partial charge in [0.2, 0.25) is 0 Å². The van der Waals surface area contributed by atoms with E-state index in [-0.39, 0.29) is 12.2 Å². The molecular weight excluding hydrogens is 287 g/mol. The summed E-state index contributed by atoms with van der Waals surface area (Å²) >= 11 is 11.8. The Morgan fingerprint density at radius 1 is 1.16 bits per heavy atom. The Labute approximate surface area is 120 Å². The van der Waals surface area contributed by atoms with E-state index >= 15 is 0 Å². The lowest BCUT2D eigenvalue weighted by Gasteiger charge is -2.10. The van der Waals surface area contributed by atoms with Crippen LogP contribution in [0.4, 0.5) is 0 Å². The second-order valence-corrected chi connectivity index (χ2v) is 4.61. The topological polar surface area (TPSA) is 49.4 Å². The van der Waals surface area contributed by atoms with Crippen LogP contribution in [0.2, 0.25) is 10.0 Å². The molecular formula is C14H9Cl2O3-. The van der Waals surface area contributed by atoms with E-state index in [2.05, 4.69) is 0 Å². The molecule has 2 aromatic rings. The van der Waals surface area contributed by atoms with Crippen LogP contribution >= 0.6 is 23.2 Å². The zero-order valence-electron chi connectivity index (χ0n) is 9.73. The largest absolute Gasteiger partial charge is 0.545 e. The molecule has 0 aliphatic heterocycles. The first-order chi connectivity index (χ1) is 9.08. The highest BCUT2D eigenvalue weighted by atomic mass is 35.5. The summed E-state index contributed by atoms with van der Waals surface area (Å²) in [6.07, 6.45) is 0. The predicted octanol–water partition coefficient (Wildman–Crippen LogP) is 2.94. The minimum Gasteiger partial charge on any atom is -0.545 e. The third kappa shape index (κ3) is 3.40. The van der Waals surface area contributed by atoms with E-state index in [0.717, 1.165) is 0 Å². The number of benzene rings is 2. The summed E-state index contributed by atoms with van der Waals surface area (Å²) in [5.74, 6) is -0.768. The highest BCUT2D eigenvalue weighted by Crippen LogP contribution is 2.31. The van der Waals surface area contributed by atoms with Gasteiger partial charge < -0.3 is 14.6 Å². The second kappa shape index (κ2) is 5.95. The zero-order valence-corrected chi connectivity index (χ0v) is 11.2. The summed E-state index contributed by atoms with van der Waals surface area (Å²) in [6, 6.07) is 11.4. The summed E-state index contributed by atoms with van der Waals surface area (Å²) < 4.78 is 5.51. The molecule has 0 aromatic heterocycles. The lowest BCUT2D eigenvalue weighted by atomic mass is 10.1. The summed E-state index contributed by atoms with van der Waals surface area (Å²) in [7, 11) is 0. The summed E-state index contributed by atoms with van der Waals surface area (Å²) in [6.45, 7) is 0.196. The number of hydrogen-bond acceptors (Lipinski definition) is 3. The molecule has 0 atom stereocenters. The van der Waals surface area contributed by atoms with E-state index in [0.29, 0.717) is 21.4 Å². The Bertz CT molecular complexity index is 611. The highest BCUT2D eigenvalue weighted by Gasteiger charge is 2.05. The fourth-order valence-electron chi connectivity index (χ4n) is 1.54. The van der Waals surface area contributed by atoms with Gasteiger partial charge in [-0.15, -0.1) is 0 Å². The van der Waals surface area contributed by atoms with E-state index in [1.165, 1.54) is 12.1 Å². The van der Waals surface area contributed by atoms with Crippen molar-refractivity contribution in [3.05, 3.63) is 63.6 Å². The van der Waals surface area contributed by atoms with E-state index in [1.807, 2.05) is 0 Å². The van der Waals surface area contributed by atoms with Crippen LogP contribution in [-0.4, -0.2) is 5.97 Å². The number of rotatable bonds is 4. The number of hydrogen-bond donors (Lipinski definition) is 0. The number of aromatic carboxylic acids is 1. The van der Waals surface area contributed by atoms with Crippen molar-refractivity contribution in [2.45, 2.75) is 6.61 Å². The van der Waals surface area contributed by atoms with E-state index in [9.17, 15) is 9.90 Å². The van der Waals surface area contributed by atoms with Gasteiger partial charge in [0.1, 0.15) is 17.4 Å². The Morgan fingerprint density at radius 2 is 1.89 bits per heavy atom. The maximum Gasteiger partial charge on any atom is 0.139 e. The van der Waals surface area contributed by atoms with Crippen molar-refractivity contribution in [2.24, 2.45) is 0 Å². The first-order valence-electron chi connectivity index (χ1n) is 5.45. The first-order valence-corrected chi connectivity index (χ1v) is 6.20. The van der Waals surface area contributed by atoms with Crippen molar-refractivity contribution in [1.29, 1.82) is 0 Å². The van der Waals surface area contributed by atoms with Gasteiger partial charge in [0, 0.05) is 0 Å². The average molecular weight is 296 g/mol. The van der Waals surface area contributed by atoms with Crippen LogP contribution in [0, 0.1) is 0 Å². The molecule has 0 bridgehead atoms. The van der Waals surface area contributed by atoms with Gasteiger partial charge in [0.15, 0.2) is 0 Å². The fourth-order valence-corrected chi connectivity index (χ4v) is 1.89. The van der Waals surface area contributed by atoms with Gasteiger partial charge in [-0.2, -0.15) is 0 Å². The molecule has 3 nitrogen and oxygen atoms in total. The molecule has 2 rings (SSSR count). The quantitative estimate of drug-likeness (QED) is 0.871. The number of halogens is 2. The molecule has 0 spiro atoms. The monoisotopic (exact) mass is 295 g/mol. The molecule has 0 saturated carbocycles. The third-order valence-corrected chi connectivity index (χ3v) is 3.27. The van der Waals surface area contributed by atoms with Crippen LogP contribution in [-0.2, 0) is 6.61 Å². The predicted molar refractivity (Wildman–Crippen MR) is 71.6 cm³/mol. The van der Waals surface area contributed by atoms with Crippen LogP contribution in [0.25, 0.3) is 0 Å². The second-order valence-electron chi connectivity index (χ2n) is 3.83. The van der Waals surface area contributed by atoms with Crippen molar-refractivity contribution < 1.29 is 14.6 Å². The Hall–Kier alpha value is -1.71. The van der Waals surface area contributed by atoms with Crippen LogP contribution in [0.5, 0.6) is 5.75 Å². The maximum absolute atomic E-state index is 10.7. The molecule has 0 heterocycles. The molecule has 98 valence electrons. The number of carboxylic acid groups (broad SMARTS) is 1. The van der Waals surface area contributed by atoms with Crippen molar-refractivity contribution >= 4 is 29.2 Å². The van der Waals surface area contributed by atoms with Gasteiger partial charge in [-0.1, -0.05) is 47.5 Å². The lowest BCUT2D eigenvalue weighted by molar-refractivity contribution is -0.255. The van der Waals surface area contributed by atoms with Gasteiger partial charge in [-0.05, 0) is 29.3 Å².